The van der Waals surface area contributed by atoms with Crippen molar-refractivity contribution in [3.05, 3.63) is 59.4 Å². The molecule has 0 aliphatic carbocycles. The molecule has 3 aromatic rings. The first-order chi connectivity index (χ1) is 16.1. The molecule has 1 aromatic carbocycles. The van der Waals surface area contributed by atoms with Gasteiger partial charge in [-0.1, -0.05) is 6.07 Å². The molecule has 0 saturated carbocycles. The Morgan fingerprint density at radius 2 is 2.03 bits per heavy atom. The van der Waals surface area contributed by atoms with Crippen LogP contribution in [0.2, 0.25) is 0 Å². The number of hydrogen-bond donors (Lipinski definition) is 2. The third-order valence-corrected chi connectivity index (χ3v) is 7.55. The van der Waals surface area contributed by atoms with Gasteiger partial charge in [-0.25, -0.2) is 4.98 Å². The van der Waals surface area contributed by atoms with Gasteiger partial charge in [-0.2, -0.15) is 5.26 Å². The van der Waals surface area contributed by atoms with Gasteiger partial charge in [0, 0.05) is 67.6 Å². The Bertz CT molecular complexity index is 1250. The number of rotatable bonds is 3. The zero-order valence-electron chi connectivity index (χ0n) is 19.1. The smallest absolute Gasteiger partial charge is 0.126 e. The van der Waals surface area contributed by atoms with Crippen molar-refractivity contribution in [2.45, 2.75) is 51.0 Å². The van der Waals surface area contributed by atoms with E-state index in [1.165, 1.54) is 16.9 Å². The lowest BCUT2D eigenvalue weighted by molar-refractivity contribution is 0.166. The van der Waals surface area contributed by atoms with Crippen molar-refractivity contribution in [1.29, 1.82) is 5.26 Å². The summed E-state index contributed by atoms with van der Waals surface area (Å²) in [6, 6.07) is 16.4. The number of fused-ring (bicyclic) bond motifs is 3. The molecule has 5 heterocycles. The zero-order valence-corrected chi connectivity index (χ0v) is 19.1. The van der Waals surface area contributed by atoms with Crippen LogP contribution < -0.4 is 15.5 Å². The van der Waals surface area contributed by atoms with E-state index < -0.39 is 0 Å². The van der Waals surface area contributed by atoms with Gasteiger partial charge < -0.3 is 15.5 Å². The van der Waals surface area contributed by atoms with Gasteiger partial charge in [-0.3, -0.25) is 9.88 Å². The van der Waals surface area contributed by atoms with Crippen LogP contribution >= 0.6 is 0 Å². The number of pyridine rings is 2. The highest BCUT2D eigenvalue weighted by atomic mass is 15.3. The number of piperazine rings is 1. The number of hydrogen-bond acceptors (Lipinski definition) is 7. The van der Waals surface area contributed by atoms with Gasteiger partial charge in [0.15, 0.2) is 0 Å². The van der Waals surface area contributed by atoms with E-state index in [2.05, 4.69) is 69.6 Å². The molecule has 3 aliphatic rings. The lowest BCUT2D eigenvalue weighted by atomic mass is 10.0. The summed E-state index contributed by atoms with van der Waals surface area (Å²) in [4.78, 5) is 14.5. The highest BCUT2D eigenvalue weighted by molar-refractivity contribution is 5.95. The van der Waals surface area contributed by atoms with Gasteiger partial charge in [0.05, 0.1) is 16.8 Å². The largest absolute Gasteiger partial charge is 0.368 e. The van der Waals surface area contributed by atoms with Gasteiger partial charge in [-0.15, -0.1) is 0 Å². The Kier molecular flexibility index (Phi) is 4.93. The van der Waals surface area contributed by atoms with Gasteiger partial charge in [0.1, 0.15) is 11.9 Å². The van der Waals surface area contributed by atoms with E-state index >= 15 is 0 Å². The topological polar surface area (TPSA) is 80.1 Å². The van der Waals surface area contributed by atoms with Crippen LogP contribution in [-0.4, -0.2) is 52.6 Å². The second kappa shape index (κ2) is 7.98. The van der Waals surface area contributed by atoms with Crippen molar-refractivity contribution in [2.24, 2.45) is 0 Å². The van der Waals surface area contributed by atoms with E-state index in [9.17, 15) is 5.26 Å². The molecule has 2 fully saturated rings. The van der Waals surface area contributed by atoms with Crippen molar-refractivity contribution in [2.75, 3.05) is 29.9 Å². The van der Waals surface area contributed by atoms with Crippen molar-refractivity contribution in [1.82, 2.24) is 20.2 Å². The molecule has 6 rings (SSSR count). The van der Waals surface area contributed by atoms with Crippen molar-refractivity contribution >= 4 is 22.4 Å². The number of nitrogens with one attached hydrogen (secondary N) is 2. The molecule has 2 N–H and O–H groups in total. The zero-order chi connectivity index (χ0) is 22.5. The standard InChI is InChI=1S/C26H29N7/c1-16-13-32(24-7-5-18(11-27)26-22(24)4-3-9-28-26)15-20-10-19(14-33(16)20)30-25-8-6-21-17(2)29-12-23(21)31-25/h3-9,16-17,19-20,29H,10,12-15H2,1-2H3,(H,30,31)/t16-,17+,19-,20+/m1/s1. The first-order valence-electron chi connectivity index (χ1n) is 11.9. The van der Waals surface area contributed by atoms with Gasteiger partial charge in [0.2, 0.25) is 0 Å². The summed E-state index contributed by atoms with van der Waals surface area (Å²) in [5.74, 6) is 0.989. The minimum absolute atomic E-state index is 0.391. The maximum atomic E-state index is 9.49. The number of nitrogens with zero attached hydrogens (tertiary/aromatic N) is 5. The summed E-state index contributed by atoms with van der Waals surface area (Å²) >= 11 is 0. The average Bonchev–Trinajstić information content (AvgIpc) is 3.41. The molecule has 168 valence electrons. The van der Waals surface area contributed by atoms with E-state index in [1.807, 2.05) is 12.1 Å². The predicted octanol–water partition coefficient (Wildman–Crippen LogP) is 3.43. The maximum absolute atomic E-state index is 9.49. The third kappa shape index (κ3) is 3.50. The molecular weight excluding hydrogens is 410 g/mol. The Hall–Kier alpha value is -3.21. The first-order valence-corrected chi connectivity index (χ1v) is 11.9. The molecule has 7 heteroatoms. The highest BCUT2D eigenvalue weighted by Crippen LogP contribution is 2.34. The summed E-state index contributed by atoms with van der Waals surface area (Å²) in [5.41, 5.74) is 5.10. The lowest BCUT2D eigenvalue weighted by Crippen LogP contribution is -2.55. The Labute approximate surface area is 194 Å². The minimum Gasteiger partial charge on any atom is -0.368 e. The second-order valence-electron chi connectivity index (χ2n) is 9.66. The molecule has 0 amide bonds. The first kappa shape index (κ1) is 20.4. The number of nitriles is 1. The quantitative estimate of drug-likeness (QED) is 0.647. The van der Waals surface area contributed by atoms with Crippen molar-refractivity contribution < 1.29 is 0 Å². The van der Waals surface area contributed by atoms with E-state index in [0.717, 1.165) is 49.3 Å². The fraction of sp³-hybridized carbons (Fsp3) is 0.423. The van der Waals surface area contributed by atoms with Crippen LogP contribution in [0.4, 0.5) is 11.5 Å². The number of anilines is 2. The van der Waals surface area contributed by atoms with Crippen LogP contribution in [0.1, 0.15) is 43.1 Å². The minimum atomic E-state index is 0.391. The fourth-order valence-electron chi connectivity index (χ4n) is 5.94. The van der Waals surface area contributed by atoms with Crippen LogP contribution in [0.25, 0.3) is 10.9 Å². The van der Waals surface area contributed by atoms with E-state index in [0.29, 0.717) is 29.7 Å². The summed E-state index contributed by atoms with van der Waals surface area (Å²) < 4.78 is 0. The molecule has 2 saturated heterocycles. The summed E-state index contributed by atoms with van der Waals surface area (Å²) in [7, 11) is 0. The average molecular weight is 440 g/mol. The summed E-state index contributed by atoms with van der Waals surface area (Å²) in [6.07, 6.45) is 2.87. The van der Waals surface area contributed by atoms with E-state index in [1.54, 1.807) is 6.20 Å². The summed E-state index contributed by atoms with van der Waals surface area (Å²) in [6.45, 7) is 8.37. The van der Waals surface area contributed by atoms with E-state index in [4.69, 9.17) is 4.98 Å². The molecule has 33 heavy (non-hydrogen) atoms. The maximum Gasteiger partial charge on any atom is 0.126 e. The Morgan fingerprint density at radius 1 is 1.12 bits per heavy atom. The fourth-order valence-corrected chi connectivity index (χ4v) is 5.94. The van der Waals surface area contributed by atoms with Crippen LogP contribution in [0.15, 0.2) is 42.6 Å². The van der Waals surface area contributed by atoms with Gasteiger partial charge >= 0.3 is 0 Å². The molecule has 7 nitrogen and oxygen atoms in total. The molecule has 0 spiro atoms. The lowest BCUT2D eigenvalue weighted by Gasteiger charge is -2.43. The highest BCUT2D eigenvalue weighted by Gasteiger charge is 2.40. The summed E-state index contributed by atoms with van der Waals surface area (Å²) in [5, 5.41) is 17.7. The van der Waals surface area contributed by atoms with Crippen LogP contribution in [0.3, 0.4) is 0 Å². The SMILES string of the molecule is C[C@@H]1NCc2nc(N[C@@H]3C[C@H]4CN(c5ccc(C#N)c6ncccc56)C[C@@H](C)N4C3)ccc21. The Morgan fingerprint density at radius 3 is 2.91 bits per heavy atom. The normalized spacial score (nSPS) is 26.8. The van der Waals surface area contributed by atoms with E-state index in [-0.39, 0.29) is 0 Å². The predicted molar refractivity (Wildman–Crippen MR) is 130 cm³/mol. The molecule has 4 atom stereocenters. The molecule has 0 radical (unpaired) electrons. The van der Waals surface area contributed by atoms with Gasteiger partial charge in [0.25, 0.3) is 0 Å². The third-order valence-electron chi connectivity index (χ3n) is 7.55. The molecule has 3 aliphatic heterocycles. The van der Waals surface area contributed by atoms with Crippen LogP contribution in [0.5, 0.6) is 0 Å². The van der Waals surface area contributed by atoms with Crippen molar-refractivity contribution in [3.63, 3.8) is 0 Å². The van der Waals surface area contributed by atoms with Crippen LogP contribution in [0, 0.1) is 11.3 Å². The Balaban J connectivity index is 1.21. The van der Waals surface area contributed by atoms with Crippen LogP contribution in [-0.2, 0) is 6.54 Å². The second-order valence-corrected chi connectivity index (χ2v) is 9.66. The molecule has 0 unspecified atom stereocenters. The molecular formula is C26H29N7. The molecule has 2 aromatic heterocycles. The van der Waals surface area contributed by atoms with Gasteiger partial charge in [-0.05, 0) is 56.2 Å². The number of benzene rings is 1. The van der Waals surface area contributed by atoms with Crippen molar-refractivity contribution in [3.8, 4) is 6.07 Å². The monoisotopic (exact) mass is 439 g/mol. The molecule has 0 bridgehead atoms. The number of aromatic nitrogens is 2.